The fraction of sp³-hybridized carbons (Fsp3) is 0. The molecule has 9 aromatic carbocycles. The summed E-state index contributed by atoms with van der Waals surface area (Å²) >= 11 is 13.9. The Balaban J connectivity index is 0.000000143. The molecular weight excluding hydrogens is 1050 g/mol. The Morgan fingerprint density at radius 1 is 0.532 bits per heavy atom. The SMILES string of the molecule is Brc1ccc(-c2nc(-c3cccc(Br)c3)c3c(n2)-c2cccc4cccc-3c24)cc1.Cl.N=C(N)c1ccc(Br)cc1.O=c1/c(=C/c2cccc(Br)c2)c2cccc3cccc1c32. The minimum atomic E-state index is 0. The predicted octanol–water partition coefficient (Wildman–Crippen LogP) is 14.4. The summed E-state index contributed by atoms with van der Waals surface area (Å²) in [6, 6.07) is 56.7. The zero-order valence-corrected chi connectivity index (χ0v) is 39.7. The van der Waals surface area contributed by atoms with Crippen LogP contribution in [0.2, 0.25) is 0 Å². The molecule has 302 valence electrons. The topological polar surface area (TPSA) is 92.7 Å². The molecule has 0 radical (unpaired) electrons. The summed E-state index contributed by atoms with van der Waals surface area (Å²) in [4.78, 5) is 22.8. The van der Waals surface area contributed by atoms with E-state index in [1.165, 1.54) is 21.9 Å². The molecule has 0 amide bonds. The molecule has 1 heterocycles. The van der Waals surface area contributed by atoms with Gasteiger partial charge in [0.2, 0.25) is 0 Å². The number of aromatic nitrogens is 2. The Hall–Kier alpha value is -5.55. The number of fused-ring (bicyclic) bond motifs is 3. The molecule has 10 heteroatoms. The van der Waals surface area contributed by atoms with Crippen molar-refractivity contribution in [3.63, 3.8) is 0 Å². The van der Waals surface area contributed by atoms with Crippen molar-refractivity contribution in [3.8, 4) is 45.0 Å². The maximum atomic E-state index is 12.7. The summed E-state index contributed by atoms with van der Waals surface area (Å²) in [5.41, 5.74) is 14.7. The molecule has 3 N–H and O–H groups in total. The number of hydrogen-bond donors (Lipinski definition) is 2. The summed E-state index contributed by atoms with van der Waals surface area (Å²) < 4.78 is 4.08. The van der Waals surface area contributed by atoms with Crippen molar-refractivity contribution >= 4 is 120 Å². The summed E-state index contributed by atoms with van der Waals surface area (Å²) in [6.07, 6.45) is 1.97. The van der Waals surface area contributed by atoms with Crippen LogP contribution in [0.15, 0.2) is 193 Å². The molecule has 62 heavy (non-hydrogen) atoms. The number of rotatable bonds is 4. The van der Waals surface area contributed by atoms with Gasteiger partial charge >= 0.3 is 0 Å². The lowest BCUT2D eigenvalue weighted by Gasteiger charge is -2.12. The molecule has 10 aromatic rings. The average molecular weight is 1080 g/mol. The normalized spacial score (nSPS) is 11.4. The second-order valence-electron chi connectivity index (χ2n) is 14.4. The Morgan fingerprint density at radius 2 is 1.08 bits per heavy atom. The van der Waals surface area contributed by atoms with Crippen molar-refractivity contribution in [2.75, 3.05) is 0 Å². The third kappa shape index (κ3) is 8.61. The second kappa shape index (κ2) is 18.4. The summed E-state index contributed by atoms with van der Waals surface area (Å²) in [5, 5.41) is 14.4. The van der Waals surface area contributed by atoms with Gasteiger partial charge in [-0.05, 0) is 87.3 Å². The van der Waals surface area contributed by atoms with Gasteiger partial charge in [-0.25, -0.2) is 9.97 Å². The zero-order chi connectivity index (χ0) is 42.2. The first-order chi connectivity index (χ1) is 29.6. The van der Waals surface area contributed by atoms with Crippen molar-refractivity contribution < 1.29 is 0 Å². The Morgan fingerprint density at radius 3 is 1.73 bits per heavy atom. The van der Waals surface area contributed by atoms with Crippen LogP contribution >= 0.6 is 76.1 Å². The lowest BCUT2D eigenvalue weighted by atomic mass is 9.99. The van der Waals surface area contributed by atoms with Gasteiger partial charge in [-0.15, -0.1) is 12.4 Å². The van der Waals surface area contributed by atoms with Gasteiger partial charge in [0, 0.05) is 61.7 Å². The maximum Gasteiger partial charge on any atom is 0.194 e. The van der Waals surface area contributed by atoms with Gasteiger partial charge in [-0.2, -0.15) is 0 Å². The number of amidine groups is 1. The molecule has 0 spiro atoms. The number of nitrogen functional groups attached to an aromatic ring is 1. The van der Waals surface area contributed by atoms with E-state index in [-0.39, 0.29) is 23.7 Å². The van der Waals surface area contributed by atoms with E-state index in [0.717, 1.165) is 89.7 Å². The molecule has 0 saturated heterocycles. The number of nitrogens with two attached hydrogens (primary N) is 1. The van der Waals surface area contributed by atoms with Crippen LogP contribution in [-0.2, 0) is 0 Å². The molecule has 1 aromatic heterocycles. The van der Waals surface area contributed by atoms with Crippen LogP contribution in [0.25, 0.3) is 83.4 Å². The van der Waals surface area contributed by atoms with Crippen LogP contribution in [-0.4, -0.2) is 15.8 Å². The number of hydrogen-bond acceptors (Lipinski definition) is 4. The van der Waals surface area contributed by atoms with Crippen LogP contribution in [0, 0.1) is 5.41 Å². The van der Waals surface area contributed by atoms with Gasteiger partial charge in [0.05, 0.1) is 11.4 Å². The van der Waals surface area contributed by atoms with Gasteiger partial charge < -0.3 is 5.73 Å². The standard InChI is InChI=1S/C26H14Br2N2.C19H11BrO.C7H7BrN2.ClH/c27-18-12-10-16(11-13-18)26-29-24(17-6-1-7-19(28)14-17)23-20-8-2-4-15-5-3-9-21(22(15)20)25(23)30-26;20-14-7-1-4-12(10-14)11-17-15-8-2-5-13-6-3-9-16(18(13)15)19(17)21;8-6-3-1-5(2-4-6)7(9)10;/h1-14H;1-11H;1-4H,(H3,9,10);1H/b;17-11+;;. The zero-order valence-electron chi connectivity index (χ0n) is 32.5. The highest BCUT2D eigenvalue weighted by Crippen LogP contribution is 2.50. The van der Waals surface area contributed by atoms with Crippen molar-refractivity contribution in [2.24, 2.45) is 5.73 Å². The molecule has 1 aliphatic carbocycles. The van der Waals surface area contributed by atoms with E-state index < -0.39 is 0 Å². The molecule has 1 aliphatic rings. The molecule has 5 nitrogen and oxygen atoms in total. The highest BCUT2D eigenvalue weighted by Gasteiger charge is 2.28. The third-order valence-electron chi connectivity index (χ3n) is 10.5. The van der Waals surface area contributed by atoms with Gasteiger partial charge in [0.15, 0.2) is 11.3 Å². The summed E-state index contributed by atoms with van der Waals surface area (Å²) in [7, 11) is 0. The first-order valence-corrected chi connectivity index (χ1v) is 22.4. The quantitative estimate of drug-likeness (QED) is 0.136. The second-order valence-corrected chi connectivity index (χ2v) is 18.1. The molecule has 0 bridgehead atoms. The average Bonchev–Trinajstić information content (AvgIpc) is 3.74. The van der Waals surface area contributed by atoms with Crippen molar-refractivity contribution in [3.05, 3.63) is 214 Å². The number of halogens is 5. The molecular formula is C52H33Br4ClN4O. The van der Waals surface area contributed by atoms with Crippen molar-refractivity contribution in [1.29, 1.82) is 5.41 Å². The van der Waals surface area contributed by atoms with E-state index in [1.54, 1.807) is 12.1 Å². The number of nitrogens with one attached hydrogen (secondary N) is 1. The Kier molecular flexibility index (Phi) is 12.8. The van der Waals surface area contributed by atoms with Crippen LogP contribution in [0.4, 0.5) is 0 Å². The van der Waals surface area contributed by atoms with E-state index >= 15 is 0 Å². The number of nitrogens with zero attached hydrogens (tertiary/aromatic N) is 2. The van der Waals surface area contributed by atoms with E-state index in [4.69, 9.17) is 21.1 Å². The fourth-order valence-corrected chi connectivity index (χ4v) is 9.13. The van der Waals surface area contributed by atoms with Crippen LogP contribution in [0.3, 0.4) is 0 Å². The maximum absolute atomic E-state index is 12.7. The lowest BCUT2D eigenvalue weighted by Crippen LogP contribution is -2.19. The van der Waals surface area contributed by atoms with Crippen LogP contribution in [0.5, 0.6) is 0 Å². The fourth-order valence-electron chi connectivity index (χ4n) is 7.79. The number of benzene rings is 8. The van der Waals surface area contributed by atoms with Gasteiger partial charge in [-0.3, -0.25) is 10.2 Å². The van der Waals surface area contributed by atoms with E-state index in [2.05, 4.69) is 143 Å². The molecule has 11 rings (SSSR count). The van der Waals surface area contributed by atoms with Gasteiger partial charge in [0.1, 0.15) is 5.84 Å². The van der Waals surface area contributed by atoms with E-state index in [9.17, 15) is 4.79 Å². The van der Waals surface area contributed by atoms with E-state index in [1.807, 2.05) is 84.9 Å². The Bertz CT molecular complexity index is 3410. The molecule has 0 aliphatic heterocycles. The molecule has 0 atom stereocenters. The monoisotopic (exact) mass is 1080 g/mol. The van der Waals surface area contributed by atoms with Crippen molar-refractivity contribution in [1.82, 2.24) is 9.97 Å². The van der Waals surface area contributed by atoms with E-state index in [0.29, 0.717) is 0 Å². The highest BCUT2D eigenvalue weighted by molar-refractivity contribution is 9.11. The minimum Gasteiger partial charge on any atom is -0.384 e. The minimum absolute atomic E-state index is 0. The lowest BCUT2D eigenvalue weighted by molar-refractivity contribution is 1.19. The van der Waals surface area contributed by atoms with Gasteiger partial charge in [-0.1, -0.05) is 185 Å². The summed E-state index contributed by atoms with van der Waals surface area (Å²) in [6.45, 7) is 0. The smallest absolute Gasteiger partial charge is 0.194 e. The predicted molar refractivity (Wildman–Crippen MR) is 274 cm³/mol. The molecule has 0 saturated carbocycles. The molecule has 0 unspecified atom stereocenters. The Labute approximate surface area is 397 Å². The van der Waals surface area contributed by atoms with Crippen molar-refractivity contribution in [2.45, 2.75) is 0 Å². The third-order valence-corrected chi connectivity index (χ3v) is 12.6. The first-order valence-electron chi connectivity index (χ1n) is 19.2. The van der Waals surface area contributed by atoms with Gasteiger partial charge in [0.25, 0.3) is 0 Å². The van der Waals surface area contributed by atoms with Crippen LogP contribution in [0.1, 0.15) is 11.1 Å². The van der Waals surface area contributed by atoms with Crippen LogP contribution < -0.4 is 16.4 Å². The largest absolute Gasteiger partial charge is 0.384 e. The first kappa shape index (κ1) is 43.1. The summed E-state index contributed by atoms with van der Waals surface area (Å²) in [5.74, 6) is 0.841. The molecule has 0 fully saturated rings. The highest BCUT2D eigenvalue weighted by atomic mass is 79.9.